The Labute approximate surface area is 178 Å². The number of carbonyl (C=O) groups excluding carboxylic acids is 1. The first-order valence-electron chi connectivity index (χ1n) is 9.53. The summed E-state index contributed by atoms with van der Waals surface area (Å²) < 4.78 is 61.2. The molecule has 1 fully saturated rings. The normalized spacial score (nSPS) is 16.6. The van der Waals surface area contributed by atoms with Gasteiger partial charge in [0.25, 0.3) is 0 Å². The molecule has 1 aromatic heterocycles. The van der Waals surface area contributed by atoms with Crippen LogP contribution in [0.4, 0.5) is 14.7 Å². The number of anilines is 1. The summed E-state index contributed by atoms with van der Waals surface area (Å²) in [6, 6.07) is 5.96. The van der Waals surface area contributed by atoms with Crippen molar-refractivity contribution in [1.29, 1.82) is 0 Å². The van der Waals surface area contributed by atoms with Crippen molar-refractivity contribution in [1.82, 2.24) is 14.3 Å². The number of hydrogen-bond donors (Lipinski definition) is 1. The monoisotopic (exact) mass is 456 g/mol. The van der Waals surface area contributed by atoms with Crippen LogP contribution in [0.15, 0.2) is 41.6 Å². The van der Waals surface area contributed by atoms with Crippen molar-refractivity contribution < 1.29 is 31.5 Å². The highest BCUT2D eigenvalue weighted by Crippen LogP contribution is 2.25. The average molecular weight is 456 g/mol. The standard InChI is InChI=1S/C19H22F2N4O5S/c1-13(12-26)29-15-3-2-4-17(9-15)31(27,28)25-7-5-14(6-8-25)24-19-22-10-16(11-23-19)30-18(20)21/h2-4,9-14,18H,5-8H2,1H3,(H,22,23,24)/t13-/m0/s1. The Bertz CT molecular complexity index is 983. The Hall–Kier alpha value is -2.86. The lowest BCUT2D eigenvalue weighted by molar-refractivity contribution is -0.113. The van der Waals surface area contributed by atoms with Gasteiger partial charge in [0.15, 0.2) is 18.1 Å². The van der Waals surface area contributed by atoms with Crippen LogP contribution in [0, 0.1) is 0 Å². The van der Waals surface area contributed by atoms with Gasteiger partial charge in [-0.25, -0.2) is 18.4 Å². The smallest absolute Gasteiger partial charge is 0.387 e. The molecule has 2 heterocycles. The predicted octanol–water partition coefficient (Wildman–Crippen LogP) is 2.31. The first-order chi connectivity index (χ1) is 14.8. The number of ether oxygens (including phenoxy) is 2. The first-order valence-corrected chi connectivity index (χ1v) is 11.0. The number of nitrogens with zero attached hydrogens (tertiary/aromatic N) is 3. The van der Waals surface area contributed by atoms with Crippen molar-refractivity contribution in [2.45, 2.75) is 43.4 Å². The van der Waals surface area contributed by atoms with Gasteiger partial charge in [0.2, 0.25) is 16.0 Å². The average Bonchev–Trinajstić information content (AvgIpc) is 2.75. The van der Waals surface area contributed by atoms with Gasteiger partial charge in [0.05, 0.1) is 17.3 Å². The Morgan fingerprint density at radius 3 is 2.45 bits per heavy atom. The highest BCUT2D eigenvalue weighted by Gasteiger charge is 2.30. The molecule has 1 aliphatic heterocycles. The van der Waals surface area contributed by atoms with Crippen LogP contribution in [0.25, 0.3) is 0 Å². The van der Waals surface area contributed by atoms with E-state index in [1.165, 1.54) is 16.4 Å². The molecule has 3 rings (SSSR count). The molecule has 1 aliphatic rings. The summed E-state index contributed by atoms with van der Waals surface area (Å²) >= 11 is 0. The Morgan fingerprint density at radius 1 is 1.16 bits per heavy atom. The number of rotatable bonds is 9. The van der Waals surface area contributed by atoms with Crippen LogP contribution in [0.2, 0.25) is 0 Å². The van der Waals surface area contributed by atoms with E-state index < -0.39 is 22.7 Å². The predicted molar refractivity (Wildman–Crippen MR) is 107 cm³/mol. The zero-order valence-corrected chi connectivity index (χ0v) is 17.5. The number of halogens is 2. The third kappa shape index (κ3) is 6.07. The molecule has 0 radical (unpaired) electrons. The number of piperidine rings is 1. The lowest BCUT2D eigenvalue weighted by Gasteiger charge is -2.31. The van der Waals surface area contributed by atoms with E-state index >= 15 is 0 Å². The summed E-state index contributed by atoms with van der Waals surface area (Å²) in [5, 5.41) is 3.07. The van der Waals surface area contributed by atoms with E-state index in [1.54, 1.807) is 19.1 Å². The van der Waals surface area contributed by atoms with Crippen LogP contribution in [0.3, 0.4) is 0 Å². The van der Waals surface area contributed by atoms with Crippen LogP contribution in [0.5, 0.6) is 11.5 Å². The summed E-state index contributed by atoms with van der Waals surface area (Å²) in [7, 11) is -3.72. The van der Waals surface area contributed by atoms with E-state index in [1.807, 2.05) is 0 Å². The molecular weight excluding hydrogens is 434 g/mol. The molecule has 0 unspecified atom stereocenters. The summed E-state index contributed by atoms with van der Waals surface area (Å²) in [4.78, 5) is 18.7. The Morgan fingerprint density at radius 2 is 1.84 bits per heavy atom. The third-order valence-corrected chi connectivity index (χ3v) is 6.49. The lowest BCUT2D eigenvalue weighted by atomic mass is 10.1. The van der Waals surface area contributed by atoms with Gasteiger partial charge in [-0.1, -0.05) is 6.07 Å². The SMILES string of the molecule is C[C@@H](C=O)Oc1cccc(S(=O)(=O)N2CCC(Nc3ncc(OC(F)F)cn3)CC2)c1. The molecule has 9 nitrogen and oxygen atoms in total. The van der Waals surface area contributed by atoms with E-state index in [9.17, 15) is 22.0 Å². The topological polar surface area (TPSA) is 111 Å². The third-order valence-electron chi connectivity index (χ3n) is 4.60. The fourth-order valence-electron chi connectivity index (χ4n) is 3.08. The van der Waals surface area contributed by atoms with Crippen LogP contribution >= 0.6 is 0 Å². The minimum absolute atomic E-state index is 0.0728. The van der Waals surface area contributed by atoms with Crippen LogP contribution in [-0.2, 0) is 14.8 Å². The summed E-state index contributed by atoms with van der Waals surface area (Å²) in [5.41, 5.74) is 0. The van der Waals surface area contributed by atoms with Crippen molar-refractivity contribution in [2.24, 2.45) is 0 Å². The molecule has 1 atom stereocenters. The van der Waals surface area contributed by atoms with Gasteiger partial charge in [-0.15, -0.1) is 0 Å². The van der Waals surface area contributed by atoms with Gasteiger partial charge in [0, 0.05) is 25.2 Å². The van der Waals surface area contributed by atoms with Crippen molar-refractivity contribution in [3.8, 4) is 11.5 Å². The maximum atomic E-state index is 13.0. The second-order valence-electron chi connectivity index (χ2n) is 6.88. The highest BCUT2D eigenvalue weighted by molar-refractivity contribution is 7.89. The minimum Gasteiger partial charge on any atom is -0.483 e. The number of hydrogen-bond acceptors (Lipinski definition) is 8. The molecular formula is C19H22F2N4O5S. The zero-order valence-electron chi connectivity index (χ0n) is 16.6. The van der Waals surface area contributed by atoms with Gasteiger partial charge < -0.3 is 14.8 Å². The molecule has 0 amide bonds. The van der Waals surface area contributed by atoms with Crippen molar-refractivity contribution in [3.63, 3.8) is 0 Å². The molecule has 1 saturated heterocycles. The highest BCUT2D eigenvalue weighted by atomic mass is 32.2. The largest absolute Gasteiger partial charge is 0.483 e. The quantitative estimate of drug-likeness (QED) is 0.573. The fourth-order valence-corrected chi connectivity index (χ4v) is 4.58. The molecule has 31 heavy (non-hydrogen) atoms. The maximum Gasteiger partial charge on any atom is 0.387 e. The molecule has 1 aromatic carbocycles. The number of alkyl halides is 2. The number of benzene rings is 1. The van der Waals surface area contributed by atoms with Crippen LogP contribution < -0.4 is 14.8 Å². The first kappa shape index (κ1) is 22.8. The summed E-state index contributed by atoms with van der Waals surface area (Å²) in [6.45, 7) is -0.825. The van der Waals surface area contributed by atoms with Gasteiger partial charge in [-0.3, -0.25) is 4.79 Å². The zero-order chi connectivity index (χ0) is 22.4. The molecule has 0 spiro atoms. The summed E-state index contributed by atoms with van der Waals surface area (Å²) in [6.07, 6.45) is 3.25. The molecule has 0 saturated carbocycles. The van der Waals surface area contributed by atoms with E-state index in [2.05, 4.69) is 20.0 Å². The molecule has 1 N–H and O–H groups in total. The van der Waals surface area contributed by atoms with Crippen molar-refractivity contribution in [3.05, 3.63) is 36.7 Å². The fraction of sp³-hybridized carbons (Fsp3) is 0.421. The minimum atomic E-state index is -3.72. The van der Waals surface area contributed by atoms with E-state index in [0.29, 0.717) is 24.9 Å². The van der Waals surface area contributed by atoms with Crippen LogP contribution in [-0.4, -0.2) is 60.8 Å². The Balaban J connectivity index is 1.58. The Kier molecular flexibility index (Phi) is 7.33. The number of nitrogens with one attached hydrogen (secondary N) is 1. The summed E-state index contributed by atoms with van der Waals surface area (Å²) in [5.74, 6) is 0.404. The molecule has 168 valence electrons. The molecule has 0 bridgehead atoms. The van der Waals surface area contributed by atoms with Gasteiger partial charge in [0.1, 0.15) is 5.75 Å². The van der Waals surface area contributed by atoms with Gasteiger partial charge in [-0.2, -0.15) is 13.1 Å². The van der Waals surface area contributed by atoms with Gasteiger partial charge >= 0.3 is 6.61 Å². The molecule has 0 aliphatic carbocycles. The van der Waals surface area contributed by atoms with E-state index in [4.69, 9.17) is 4.74 Å². The number of sulfonamides is 1. The van der Waals surface area contributed by atoms with Gasteiger partial charge in [-0.05, 0) is 31.9 Å². The number of aromatic nitrogens is 2. The van der Waals surface area contributed by atoms with E-state index in [0.717, 1.165) is 12.4 Å². The number of carbonyl (C=O) groups is 1. The second kappa shape index (κ2) is 9.96. The van der Waals surface area contributed by atoms with Crippen LogP contribution in [0.1, 0.15) is 19.8 Å². The molecule has 12 heteroatoms. The second-order valence-corrected chi connectivity index (χ2v) is 8.82. The van der Waals surface area contributed by atoms with Crippen molar-refractivity contribution in [2.75, 3.05) is 18.4 Å². The maximum absolute atomic E-state index is 13.0. The van der Waals surface area contributed by atoms with Crippen molar-refractivity contribution >= 4 is 22.3 Å². The molecule has 2 aromatic rings. The number of aldehydes is 1. The lowest BCUT2D eigenvalue weighted by Crippen LogP contribution is -2.42. The van der Waals surface area contributed by atoms with E-state index in [-0.39, 0.29) is 35.7 Å².